The summed E-state index contributed by atoms with van der Waals surface area (Å²) >= 11 is 0. The molecule has 0 radical (unpaired) electrons. The van der Waals surface area contributed by atoms with Crippen molar-refractivity contribution in [1.82, 2.24) is 0 Å². The quantitative estimate of drug-likeness (QED) is 0.417. The maximum Gasteiger partial charge on any atom is 0.0619 e. The van der Waals surface area contributed by atoms with Gasteiger partial charge in [0, 0.05) is 6.21 Å². The van der Waals surface area contributed by atoms with Gasteiger partial charge in [0.15, 0.2) is 0 Å². The van der Waals surface area contributed by atoms with Gasteiger partial charge in [0.2, 0.25) is 0 Å². The van der Waals surface area contributed by atoms with Gasteiger partial charge in [-0.05, 0) is 26.0 Å². The molecule has 0 atom stereocenters. The molecule has 0 aromatic carbocycles. The van der Waals surface area contributed by atoms with Crippen LogP contribution in [0.5, 0.6) is 0 Å². The SMILES string of the molecule is C=C/C(=C/C=C\C)N=CC. The third kappa shape index (κ3) is 3.84. The molecule has 0 heterocycles. The maximum atomic E-state index is 4.05. The van der Waals surface area contributed by atoms with Gasteiger partial charge in [-0.1, -0.05) is 18.7 Å². The van der Waals surface area contributed by atoms with Crippen LogP contribution in [0.25, 0.3) is 0 Å². The molecule has 0 unspecified atom stereocenters. The van der Waals surface area contributed by atoms with Crippen molar-refractivity contribution >= 4 is 6.21 Å². The van der Waals surface area contributed by atoms with Gasteiger partial charge in [-0.2, -0.15) is 0 Å². The molecule has 1 heteroatoms. The third-order valence-corrected chi connectivity index (χ3v) is 0.947. The van der Waals surface area contributed by atoms with Gasteiger partial charge in [0.05, 0.1) is 5.70 Å². The number of nitrogens with zero attached hydrogens (tertiary/aromatic N) is 1. The smallest absolute Gasteiger partial charge is 0.0619 e. The van der Waals surface area contributed by atoms with Crippen molar-refractivity contribution in [3.05, 3.63) is 36.6 Å². The van der Waals surface area contributed by atoms with E-state index in [-0.39, 0.29) is 0 Å². The number of allylic oxidation sites excluding steroid dienone is 4. The Labute approximate surface area is 62.5 Å². The van der Waals surface area contributed by atoms with E-state index in [2.05, 4.69) is 11.6 Å². The highest BCUT2D eigenvalue weighted by Gasteiger charge is 1.78. The van der Waals surface area contributed by atoms with Crippen molar-refractivity contribution < 1.29 is 0 Å². The van der Waals surface area contributed by atoms with Crippen molar-refractivity contribution in [2.24, 2.45) is 4.99 Å². The van der Waals surface area contributed by atoms with Gasteiger partial charge in [-0.25, -0.2) is 0 Å². The van der Waals surface area contributed by atoms with Crippen LogP contribution >= 0.6 is 0 Å². The zero-order chi connectivity index (χ0) is 7.82. The molecule has 0 aromatic rings. The Balaban J connectivity index is 4.17. The fourth-order valence-corrected chi connectivity index (χ4v) is 0.508. The van der Waals surface area contributed by atoms with E-state index >= 15 is 0 Å². The zero-order valence-electron chi connectivity index (χ0n) is 6.54. The first-order valence-corrected chi connectivity index (χ1v) is 3.29. The van der Waals surface area contributed by atoms with Crippen LogP contribution in [0.4, 0.5) is 0 Å². The second-order valence-corrected chi connectivity index (χ2v) is 1.71. The second kappa shape index (κ2) is 6.02. The molecule has 0 aromatic heterocycles. The molecule has 1 nitrogen and oxygen atoms in total. The van der Waals surface area contributed by atoms with Gasteiger partial charge in [-0.3, -0.25) is 4.99 Å². The molecule has 0 aliphatic rings. The van der Waals surface area contributed by atoms with E-state index in [9.17, 15) is 0 Å². The Kier molecular flexibility index (Phi) is 5.35. The van der Waals surface area contributed by atoms with Crippen molar-refractivity contribution in [2.75, 3.05) is 0 Å². The van der Waals surface area contributed by atoms with Gasteiger partial charge in [0.1, 0.15) is 0 Å². The summed E-state index contributed by atoms with van der Waals surface area (Å²) in [5, 5.41) is 0. The van der Waals surface area contributed by atoms with Crippen molar-refractivity contribution in [1.29, 1.82) is 0 Å². The van der Waals surface area contributed by atoms with E-state index in [0.717, 1.165) is 5.70 Å². The lowest BCUT2D eigenvalue weighted by molar-refractivity contribution is 1.42. The topological polar surface area (TPSA) is 12.4 Å². The van der Waals surface area contributed by atoms with Crippen LogP contribution in [0.1, 0.15) is 13.8 Å². The zero-order valence-corrected chi connectivity index (χ0v) is 6.54. The van der Waals surface area contributed by atoms with Crippen LogP contribution in [-0.2, 0) is 0 Å². The number of hydrogen-bond donors (Lipinski definition) is 0. The fourth-order valence-electron chi connectivity index (χ4n) is 0.508. The molecular weight excluding hydrogens is 122 g/mol. The van der Waals surface area contributed by atoms with Crippen LogP contribution in [0.15, 0.2) is 41.6 Å². The van der Waals surface area contributed by atoms with Crippen molar-refractivity contribution in [2.45, 2.75) is 13.8 Å². The summed E-state index contributed by atoms with van der Waals surface area (Å²) in [5.74, 6) is 0. The van der Waals surface area contributed by atoms with Crippen LogP contribution < -0.4 is 0 Å². The van der Waals surface area contributed by atoms with Crippen LogP contribution in [0.3, 0.4) is 0 Å². The normalized spacial score (nSPS) is 13.2. The monoisotopic (exact) mass is 135 g/mol. The van der Waals surface area contributed by atoms with E-state index in [0.29, 0.717) is 0 Å². The molecule has 0 fully saturated rings. The molecule has 0 amide bonds. The highest BCUT2D eigenvalue weighted by Crippen LogP contribution is 1.96. The van der Waals surface area contributed by atoms with Gasteiger partial charge in [-0.15, -0.1) is 0 Å². The van der Waals surface area contributed by atoms with Crippen molar-refractivity contribution in [3.8, 4) is 0 Å². The summed E-state index contributed by atoms with van der Waals surface area (Å²) in [6, 6.07) is 0. The molecule has 0 rings (SSSR count). The largest absolute Gasteiger partial charge is 0.262 e. The Bertz CT molecular complexity index is 173. The van der Waals surface area contributed by atoms with Gasteiger partial charge < -0.3 is 0 Å². The Morgan fingerprint density at radius 3 is 2.50 bits per heavy atom. The highest BCUT2D eigenvalue weighted by atomic mass is 14.7. The summed E-state index contributed by atoms with van der Waals surface area (Å²) in [7, 11) is 0. The number of hydrogen-bond acceptors (Lipinski definition) is 1. The summed E-state index contributed by atoms with van der Waals surface area (Å²) in [5.41, 5.74) is 0.889. The Morgan fingerprint density at radius 2 is 2.10 bits per heavy atom. The van der Waals surface area contributed by atoms with Gasteiger partial charge in [0.25, 0.3) is 0 Å². The molecule has 0 N–H and O–H groups in total. The molecule has 0 aliphatic heterocycles. The number of aliphatic imine (C=N–C) groups is 1. The lowest BCUT2D eigenvalue weighted by Gasteiger charge is -1.86. The minimum atomic E-state index is 0.889. The minimum absolute atomic E-state index is 0.889. The Morgan fingerprint density at radius 1 is 1.40 bits per heavy atom. The van der Waals surface area contributed by atoms with E-state index in [1.54, 1.807) is 12.3 Å². The first kappa shape index (κ1) is 8.89. The van der Waals surface area contributed by atoms with Crippen LogP contribution in [0.2, 0.25) is 0 Å². The molecule has 0 saturated carbocycles. The first-order valence-electron chi connectivity index (χ1n) is 3.29. The summed E-state index contributed by atoms with van der Waals surface area (Å²) in [4.78, 5) is 4.05. The van der Waals surface area contributed by atoms with Crippen LogP contribution in [-0.4, -0.2) is 6.21 Å². The average molecular weight is 135 g/mol. The fraction of sp³-hybridized carbons (Fsp3) is 0.222. The lowest BCUT2D eigenvalue weighted by atomic mass is 10.4. The lowest BCUT2D eigenvalue weighted by Crippen LogP contribution is -1.69. The minimum Gasteiger partial charge on any atom is -0.262 e. The van der Waals surface area contributed by atoms with Crippen LogP contribution in [0, 0.1) is 0 Å². The second-order valence-electron chi connectivity index (χ2n) is 1.71. The predicted octanol–water partition coefficient (Wildman–Crippen LogP) is 2.72. The van der Waals surface area contributed by atoms with Gasteiger partial charge >= 0.3 is 0 Å². The molecular formula is C9H13N. The standard InChI is InChI=1S/C9H13N/c1-4-7-8-9(5-2)10-6-3/h4-8H,2H2,1,3H3/b7-4-,9-8-,10-6?. The van der Waals surface area contributed by atoms with E-state index in [4.69, 9.17) is 0 Å². The summed E-state index contributed by atoms with van der Waals surface area (Å²) < 4.78 is 0. The first-order chi connectivity index (χ1) is 4.85. The summed E-state index contributed by atoms with van der Waals surface area (Å²) in [6.07, 6.45) is 9.27. The highest BCUT2D eigenvalue weighted by molar-refractivity contribution is 5.56. The summed E-state index contributed by atoms with van der Waals surface area (Å²) in [6.45, 7) is 7.46. The Hall–Kier alpha value is -1.11. The molecule has 0 saturated heterocycles. The van der Waals surface area contributed by atoms with Crippen molar-refractivity contribution in [3.63, 3.8) is 0 Å². The van der Waals surface area contributed by atoms with E-state index in [1.165, 1.54) is 0 Å². The number of rotatable bonds is 3. The molecule has 0 spiro atoms. The maximum absolute atomic E-state index is 4.05. The third-order valence-electron chi connectivity index (χ3n) is 0.947. The van der Waals surface area contributed by atoms with E-state index in [1.807, 2.05) is 32.1 Å². The predicted molar refractivity (Wildman–Crippen MR) is 47.3 cm³/mol. The molecule has 0 bridgehead atoms. The average Bonchev–Trinajstić information content (AvgIpc) is 1.98. The molecule has 10 heavy (non-hydrogen) atoms. The van der Waals surface area contributed by atoms with E-state index < -0.39 is 0 Å². The molecule has 0 aliphatic carbocycles. The molecule has 54 valence electrons.